The number of rotatable bonds is 5. The van der Waals surface area contributed by atoms with Crippen LogP contribution in [-0.4, -0.2) is 6.71 Å². The van der Waals surface area contributed by atoms with Gasteiger partial charge in [0, 0.05) is 56.3 Å². The van der Waals surface area contributed by atoms with Crippen molar-refractivity contribution in [2.45, 2.75) is 189 Å². The monoisotopic (exact) mass is 1080 g/mol. The van der Waals surface area contributed by atoms with Gasteiger partial charge in [-0.1, -0.05) is 184 Å². The van der Waals surface area contributed by atoms with Gasteiger partial charge in [0.15, 0.2) is 5.58 Å². The van der Waals surface area contributed by atoms with Crippen molar-refractivity contribution in [2.75, 3.05) is 14.7 Å². The molecule has 8 aromatic carbocycles. The van der Waals surface area contributed by atoms with E-state index in [9.17, 15) is 0 Å². The van der Waals surface area contributed by atoms with E-state index in [0.29, 0.717) is 0 Å². The molecule has 0 unspecified atom stereocenters. The second-order valence-electron chi connectivity index (χ2n) is 31.0. The van der Waals surface area contributed by atoms with Gasteiger partial charge in [0.25, 0.3) is 6.71 Å². The fourth-order valence-electron chi connectivity index (χ4n) is 15.5. The van der Waals surface area contributed by atoms with Crippen LogP contribution < -0.4 is 31.1 Å². The van der Waals surface area contributed by atoms with Crippen molar-refractivity contribution in [3.8, 4) is 0 Å². The van der Waals surface area contributed by atoms with E-state index in [1.165, 1.54) is 101 Å². The van der Waals surface area contributed by atoms with Gasteiger partial charge in [0.05, 0.1) is 5.69 Å². The van der Waals surface area contributed by atoms with Crippen LogP contribution in [0.2, 0.25) is 0 Å². The van der Waals surface area contributed by atoms with Crippen LogP contribution in [0.25, 0.3) is 21.9 Å². The zero-order chi connectivity index (χ0) is 58.3. The van der Waals surface area contributed by atoms with Crippen LogP contribution in [0.4, 0.5) is 51.2 Å². The van der Waals surface area contributed by atoms with Gasteiger partial charge >= 0.3 is 0 Å². The summed E-state index contributed by atoms with van der Waals surface area (Å²) in [5.41, 5.74) is 28.8. The first-order chi connectivity index (χ1) is 38.3. The van der Waals surface area contributed by atoms with Crippen LogP contribution in [0, 0.1) is 13.8 Å². The summed E-state index contributed by atoms with van der Waals surface area (Å²) in [6.45, 7) is 45.2. The zero-order valence-electron chi connectivity index (χ0n) is 52.7. The Morgan fingerprint density at radius 1 is 0.451 bits per heavy atom. The van der Waals surface area contributed by atoms with Gasteiger partial charge in [-0.05, 0) is 210 Å². The highest BCUT2D eigenvalue weighted by molar-refractivity contribution is 7.00. The predicted octanol–water partition coefficient (Wildman–Crippen LogP) is 20.0. The molecule has 5 heteroatoms. The molecule has 4 nitrogen and oxygen atoms in total. The molecular weight excluding hydrogens is 994 g/mol. The van der Waals surface area contributed by atoms with Crippen molar-refractivity contribution < 1.29 is 4.42 Å². The molecule has 0 amide bonds. The summed E-state index contributed by atoms with van der Waals surface area (Å²) in [6.07, 6.45) is 3.43. The summed E-state index contributed by atoms with van der Waals surface area (Å²) in [5, 5.41) is 2.33. The number of furan rings is 1. The lowest BCUT2D eigenvalue weighted by molar-refractivity contribution is 0.332. The van der Waals surface area contributed by atoms with Gasteiger partial charge in [-0.15, -0.1) is 0 Å². The normalized spacial score (nSPS) is 17.4. The Morgan fingerprint density at radius 2 is 0.951 bits per heavy atom. The van der Waals surface area contributed by atoms with Gasteiger partial charge in [-0.3, -0.25) is 0 Å². The van der Waals surface area contributed by atoms with Crippen LogP contribution in [0.3, 0.4) is 0 Å². The minimum atomic E-state index is -0.140. The SMILES string of the molecule is Cc1cc2c3c(c1)N(c1ccc(C(C)(C)C)c4c1oc1ccccc14)c1cc(N(c4ccc(C(C)(C)C)cc4)c4ccc(C(C)(C)C)cc4)ccc1B3c1cc3c(cc1N2c1cc2c(cc1C)C(C)(C)CCC2(C)C)C(C)(C)CC3(C)C. The molecular formula is C77H86BN3O. The highest BCUT2D eigenvalue weighted by Gasteiger charge is 2.49. The van der Waals surface area contributed by atoms with Crippen molar-refractivity contribution in [1.82, 2.24) is 0 Å². The van der Waals surface area contributed by atoms with Crippen LogP contribution in [0.5, 0.6) is 0 Å². The van der Waals surface area contributed by atoms with E-state index in [1.807, 2.05) is 0 Å². The lowest BCUT2D eigenvalue weighted by Gasteiger charge is -2.46. The van der Waals surface area contributed by atoms with Gasteiger partial charge in [-0.2, -0.15) is 0 Å². The lowest BCUT2D eigenvalue weighted by atomic mass is 9.33. The van der Waals surface area contributed by atoms with Gasteiger partial charge in [0.1, 0.15) is 5.58 Å². The van der Waals surface area contributed by atoms with Crippen molar-refractivity contribution in [3.63, 3.8) is 0 Å². The molecule has 0 N–H and O–H groups in total. The van der Waals surface area contributed by atoms with E-state index in [-0.39, 0.29) is 44.6 Å². The van der Waals surface area contributed by atoms with Crippen molar-refractivity contribution >= 4 is 96.2 Å². The van der Waals surface area contributed by atoms with Gasteiger partial charge in [-0.25, -0.2) is 0 Å². The first kappa shape index (κ1) is 54.3. The molecule has 2 aliphatic carbocycles. The zero-order valence-corrected chi connectivity index (χ0v) is 52.7. The molecule has 0 radical (unpaired) electrons. The second-order valence-corrected chi connectivity index (χ2v) is 31.0. The molecule has 0 saturated heterocycles. The molecule has 0 spiro atoms. The molecule has 3 heterocycles. The Labute approximate surface area is 491 Å². The van der Waals surface area contributed by atoms with E-state index >= 15 is 0 Å². The van der Waals surface area contributed by atoms with Crippen molar-refractivity contribution in [2.24, 2.45) is 0 Å². The molecule has 0 saturated carbocycles. The third kappa shape index (κ3) is 8.35. The fourth-order valence-corrected chi connectivity index (χ4v) is 15.5. The topological polar surface area (TPSA) is 22.9 Å². The molecule has 1 aromatic heterocycles. The van der Waals surface area contributed by atoms with Crippen LogP contribution in [0.15, 0.2) is 144 Å². The third-order valence-electron chi connectivity index (χ3n) is 19.9. The third-order valence-corrected chi connectivity index (χ3v) is 19.9. The Balaban J connectivity index is 1.15. The van der Waals surface area contributed by atoms with E-state index in [2.05, 4.69) is 286 Å². The Kier molecular flexibility index (Phi) is 11.8. The summed E-state index contributed by atoms with van der Waals surface area (Å²) in [6, 6.07) is 54.9. The number of benzene rings is 8. The molecule has 2 aliphatic heterocycles. The number of nitrogens with zero attached hydrogens (tertiary/aromatic N) is 3. The lowest BCUT2D eigenvalue weighted by Crippen LogP contribution is -2.61. The average molecular weight is 1080 g/mol. The fraction of sp³-hybridized carbons (Fsp3) is 0.377. The van der Waals surface area contributed by atoms with Crippen molar-refractivity contribution in [3.05, 3.63) is 190 Å². The molecule has 9 aromatic rings. The molecule has 13 rings (SSSR count). The Bertz CT molecular complexity index is 4050. The molecule has 82 heavy (non-hydrogen) atoms. The van der Waals surface area contributed by atoms with Gasteiger partial charge < -0.3 is 19.1 Å². The first-order valence-corrected chi connectivity index (χ1v) is 30.5. The minimum Gasteiger partial charge on any atom is -0.454 e. The maximum absolute atomic E-state index is 7.31. The van der Waals surface area contributed by atoms with E-state index in [0.717, 1.165) is 57.8 Å². The standard InChI is InChI=1S/C77H86BN3O/c1-46-38-65-69-66(39-46)81(62-43-57-55(40-47(62)2)74(12,13)36-37-75(57,14)15)64-44-58-56(76(16,17)45-77(58,18)19)42-60(64)78(69)59-34-32-52(79(50-28-24-48(25-29-50)71(3,4)5)51-30-26-49(27-31-51)72(6,7)8)41-63(59)80(65)61-35-33-54(73(9,10)11)68-53-22-20-21-23-67(53)82-70(61)68/h20-35,38-44H,36-37,45H2,1-19H3. The van der Waals surface area contributed by atoms with Crippen molar-refractivity contribution in [1.29, 1.82) is 0 Å². The summed E-state index contributed by atoms with van der Waals surface area (Å²) in [5.74, 6) is 0. The number of aryl methyl sites for hydroxylation is 2. The molecule has 4 aliphatic rings. The summed E-state index contributed by atoms with van der Waals surface area (Å²) in [4.78, 5) is 7.80. The molecule has 0 fully saturated rings. The number of para-hydroxylation sites is 1. The second kappa shape index (κ2) is 17.8. The molecule has 0 bridgehead atoms. The van der Waals surface area contributed by atoms with E-state index < -0.39 is 0 Å². The first-order valence-electron chi connectivity index (χ1n) is 30.5. The van der Waals surface area contributed by atoms with E-state index in [4.69, 9.17) is 4.42 Å². The van der Waals surface area contributed by atoms with Crippen LogP contribution in [-0.2, 0) is 37.9 Å². The quantitative estimate of drug-likeness (QED) is 0.160. The highest BCUT2D eigenvalue weighted by atomic mass is 16.3. The van der Waals surface area contributed by atoms with Crippen LogP contribution >= 0.6 is 0 Å². The highest BCUT2D eigenvalue weighted by Crippen LogP contribution is 2.56. The molecule has 418 valence electrons. The Hall–Kier alpha value is -6.98. The number of fused-ring (bicyclic) bond motifs is 9. The number of hydrogen-bond acceptors (Lipinski definition) is 4. The smallest absolute Gasteiger partial charge is 0.252 e. The van der Waals surface area contributed by atoms with E-state index in [1.54, 1.807) is 0 Å². The maximum atomic E-state index is 7.31. The summed E-state index contributed by atoms with van der Waals surface area (Å²) < 4.78 is 7.31. The average Bonchev–Trinajstić information content (AvgIpc) is 1.21. The minimum absolute atomic E-state index is 0.00145. The Morgan fingerprint density at radius 3 is 1.52 bits per heavy atom. The van der Waals surface area contributed by atoms with Crippen LogP contribution in [0.1, 0.15) is 187 Å². The number of hydrogen-bond donors (Lipinski definition) is 0. The summed E-state index contributed by atoms with van der Waals surface area (Å²) >= 11 is 0. The maximum Gasteiger partial charge on any atom is 0.252 e. The molecule has 0 atom stereocenters. The summed E-state index contributed by atoms with van der Waals surface area (Å²) in [7, 11) is 0. The largest absolute Gasteiger partial charge is 0.454 e. The predicted molar refractivity (Wildman–Crippen MR) is 354 cm³/mol. The van der Waals surface area contributed by atoms with Gasteiger partial charge in [0.2, 0.25) is 0 Å². The number of anilines is 9.